The summed E-state index contributed by atoms with van der Waals surface area (Å²) in [7, 11) is -5.02. The first-order valence-corrected chi connectivity index (χ1v) is 12.8. The molecule has 0 fully saturated rings. The standard InChI is InChI=1S/C18H30N2O7P2/c1-13(2)15(17(21)25-5)19-9-7-11-28(19,23)27-29(24)12-8-10-20(29)16(14(3)4)18(22)26-6/h7-8,11-16H,9-10H2,1-6H3/t15-,16?,28?,29?/m0/s1. The maximum atomic E-state index is 13.7. The fourth-order valence-electron chi connectivity index (χ4n) is 3.58. The molecule has 0 aliphatic carbocycles. The molecule has 9 nitrogen and oxygen atoms in total. The molecule has 0 bridgehead atoms. The number of rotatable bonds is 8. The van der Waals surface area contributed by atoms with Gasteiger partial charge >= 0.3 is 11.9 Å². The highest BCUT2D eigenvalue weighted by Crippen LogP contribution is 2.76. The number of carbonyl (C=O) groups excluding carboxylic acids is 2. The van der Waals surface area contributed by atoms with Crippen LogP contribution in [0.1, 0.15) is 27.7 Å². The Kier molecular flexibility index (Phi) is 7.96. The van der Waals surface area contributed by atoms with E-state index in [9.17, 15) is 19.4 Å². The van der Waals surface area contributed by atoms with Crippen LogP contribution in [0.3, 0.4) is 0 Å². The van der Waals surface area contributed by atoms with Crippen LogP contribution in [0.25, 0.3) is 0 Å². The Bertz CT molecular complexity index is 631. The first-order valence-electron chi connectivity index (χ1n) is 9.47. The number of carbonyl (C=O) groups is 2. The fraction of sp³-hybridized carbons (Fsp3) is 0.667. The van der Waals surface area contributed by atoms with Crippen LogP contribution in [0.4, 0.5) is 0 Å². The molecule has 2 rings (SSSR count). The first kappa shape index (κ1) is 24.4. The Balaban J connectivity index is 2.35. The molecular formula is C18H30N2O7P2. The Labute approximate surface area is 173 Å². The third kappa shape index (κ3) is 4.88. The zero-order valence-corrected chi connectivity index (χ0v) is 19.5. The molecule has 2 aliphatic heterocycles. The topological polar surface area (TPSA) is 114 Å². The number of esters is 2. The molecule has 0 spiro atoms. The van der Waals surface area contributed by atoms with E-state index in [-0.39, 0.29) is 24.9 Å². The maximum Gasteiger partial charge on any atom is 0.327 e. The number of nitrogens with zero attached hydrogens (tertiary/aromatic N) is 2. The number of hydrogen-bond donors (Lipinski definition) is 0. The molecule has 0 aromatic heterocycles. The van der Waals surface area contributed by atoms with Crippen molar-refractivity contribution in [3.8, 4) is 0 Å². The molecule has 0 aromatic carbocycles. The van der Waals surface area contributed by atoms with Crippen molar-refractivity contribution in [1.29, 1.82) is 0 Å². The van der Waals surface area contributed by atoms with E-state index in [2.05, 4.69) is 0 Å². The van der Waals surface area contributed by atoms with Crippen molar-refractivity contribution < 1.29 is 33.2 Å². The predicted octanol–water partition coefficient (Wildman–Crippen LogP) is 1.30. The highest BCUT2D eigenvalue weighted by molar-refractivity contribution is 7.78. The fourth-order valence-corrected chi connectivity index (χ4v) is 9.23. The number of hydrogen-bond acceptors (Lipinski definition) is 9. The molecule has 2 heterocycles. The minimum Gasteiger partial charge on any atom is -0.634 e. The molecule has 0 radical (unpaired) electrons. The molecule has 0 saturated heterocycles. The average molecular weight is 448 g/mol. The largest absolute Gasteiger partial charge is 0.634 e. The second kappa shape index (κ2) is 9.48. The molecule has 4 atom stereocenters. The van der Waals surface area contributed by atoms with Gasteiger partial charge in [0.15, 0.2) is 0 Å². The summed E-state index contributed by atoms with van der Waals surface area (Å²) in [5.41, 5.74) is 0. The first-order chi connectivity index (χ1) is 13.5. The minimum atomic E-state index is -3.77. The maximum absolute atomic E-state index is 13.7. The van der Waals surface area contributed by atoms with Crippen LogP contribution in [-0.4, -0.2) is 60.7 Å². The molecule has 0 saturated carbocycles. The molecule has 0 aromatic rings. The van der Waals surface area contributed by atoms with Gasteiger partial charge in [0.05, 0.1) is 27.3 Å². The zero-order chi connectivity index (χ0) is 22.0. The molecule has 164 valence electrons. The normalized spacial score (nSPS) is 29.6. The molecule has 0 amide bonds. The van der Waals surface area contributed by atoms with Gasteiger partial charge in [0, 0.05) is 0 Å². The van der Waals surface area contributed by atoms with E-state index in [4.69, 9.17) is 13.8 Å². The van der Waals surface area contributed by atoms with E-state index >= 15 is 0 Å². The van der Waals surface area contributed by atoms with Gasteiger partial charge in [0.1, 0.15) is 23.7 Å². The summed E-state index contributed by atoms with van der Waals surface area (Å²) in [4.78, 5) is 52.0. The molecule has 29 heavy (non-hydrogen) atoms. The highest BCUT2D eigenvalue weighted by Gasteiger charge is 2.58. The van der Waals surface area contributed by atoms with Crippen molar-refractivity contribution in [2.45, 2.75) is 39.8 Å². The second-order valence-corrected chi connectivity index (χ2v) is 12.2. The SMILES string of the molecule is COC(=O)C(C(C)C)N1CC=C[P+]1([O-])O[P+]1([O-])C=CCN1[C@H](C(=O)OC)C(C)C. The monoisotopic (exact) mass is 448 g/mol. The van der Waals surface area contributed by atoms with Crippen LogP contribution in [0, 0.1) is 11.8 Å². The van der Waals surface area contributed by atoms with Gasteiger partial charge in [-0.15, -0.1) is 9.34 Å². The average Bonchev–Trinajstić information content (AvgIpc) is 3.17. The summed E-state index contributed by atoms with van der Waals surface area (Å²) in [6.45, 7) is 7.62. The van der Waals surface area contributed by atoms with Crippen molar-refractivity contribution in [2.75, 3.05) is 27.3 Å². The van der Waals surface area contributed by atoms with E-state index in [0.29, 0.717) is 0 Å². The summed E-state index contributed by atoms with van der Waals surface area (Å²) in [5, 5.41) is 0. The second-order valence-electron chi connectivity index (χ2n) is 7.65. The van der Waals surface area contributed by atoms with Gasteiger partial charge in [0.25, 0.3) is 15.7 Å². The lowest BCUT2D eigenvalue weighted by atomic mass is 10.0. The van der Waals surface area contributed by atoms with Gasteiger partial charge in [0.2, 0.25) is 0 Å². The van der Waals surface area contributed by atoms with Crippen LogP contribution in [0.2, 0.25) is 0 Å². The molecule has 11 heteroatoms. The van der Waals surface area contributed by atoms with Gasteiger partial charge in [-0.25, -0.2) is 0 Å². The van der Waals surface area contributed by atoms with Crippen LogP contribution in [0.15, 0.2) is 23.8 Å². The lowest BCUT2D eigenvalue weighted by molar-refractivity contribution is -0.221. The van der Waals surface area contributed by atoms with Gasteiger partial charge in [-0.05, 0) is 24.0 Å². The van der Waals surface area contributed by atoms with Crippen LogP contribution in [0.5, 0.6) is 0 Å². The van der Waals surface area contributed by atoms with Crippen molar-refractivity contribution >= 4 is 27.7 Å². The van der Waals surface area contributed by atoms with Crippen molar-refractivity contribution in [3.05, 3.63) is 23.8 Å². The van der Waals surface area contributed by atoms with Crippen LogP contribution < -0.4 is 9.79 Å². The molecule has 0 N–H and O–H groups in total. The van der Waals surface area contributed by atoms with E-state index in [1.165, 1.54) is 35.2 Å². The minimum absolute atomic E-state index is 0.198. The Morgan fingerprint density at radius 2 is 1.17 bits per heavy atom. The summed E-state index contributed by atoms with van der Waals surface area (Å²) in [6, 6.07) is -1.65. The predicted molar refractivity (Wildman–Crippen MR) is 108 cm³/mol. The van der Waals surface area contributed by atoms with Crippen LogP contribution in [-0.2, 0) is 23.4 Å². The smallest absolute Gasteiger partial charge is 0.327 e. The van der Waals surface area contributed by atoms with Crippen molar-refractivity contribution in [1.82, 2.24) is 9.34 Å². The van der Waals surface area contributed by atoms with Gasteiger partial charge in [-0.1, -0.05) is 32.0 Å². The third-order valence-corrected chi connectivity index (χ3v) is 10.2. The van der Waals surface area contributed by atoms with Gasteiger partial charge in [-0.3, -0.25) is 9.59 Å². The van der Waals surface area contributed by atoms with E-state index in [1.807, 2.05) is 0 Å². The quantitative estimate of drug-likeness (QED) is 0.400. The highest BCUT2D eigenvalue weighted by atomic mass is 31.3. The number of methoxy groups -OCH3 is 2. The van der Waals surface area contributed by atoms with Crippen LogP contribution >= 0.6 is 15.7 Å². The van der Waals surface area contributed by atoms with Crippen molar-refractivity contribution in [3.63, 3.8) is 0 Å². The summed E-state index contributed by atoms with van der Waals surface area (Å²) < 4.78 is 18.3. The third-order valence-electron chi connectivity index (χ3n) is 4.91. The van der Waals surface area contributed by atoms with Crippen molar-refractivity contribution in [2.24, 2.45) is 11.8 Å². The Morgan fingerprint density at radius 1 is 0.828 bits per heavy atom. The van der Waals surface area contributed by atoms with Gasteiger partial charge in [-0.2, -0.15) is 0 Å². The van der Waals surface area contributed by atoms with Gasteiger partial charge < -0.3 is 19.3 Å². The van der Waals surface area contributed by atoms with E-state index < -0.39 is 39.8 Å². The zero-order valence-electron chi connectivity index (χ0n) is 17.7. The summed E-state index contributed by atoms with van der Waals surface area (Å²) in [6.07, 6.45) is 3.24. The summed E-state index contributed by atoms with van der Waals surface area (Å²) in [5.74, 6) is 1.21. The Morgan fingerprint density at radius 3 is 1.45 bits per heavy atom. The number of ether oxygens (including phenoxy) is 2. The summed E-state index contributed by atoms with van der Waals surface area (Å²) >= 11 is 0. The molecule has 3 unspecified atom stereocenters. The lowest BCUT2D eigenvalue weighted by Gasteiger charge is -2.42. The van der Waals surface area contributed by atoms with E-state index in [1.54, 1.807) is 39.8 Å². The Hall–Kier alpha value is -0.920. The molecule has 2 aliphatic rings. The van der Waals surface area contributed by atoms with E-state index in [0.717, 1.165) is 0 Å². The molecular weight excluding hydrogens is 418 g/mol. The lowest BCUT2D eigenvalue weighted by Crippen LogP contribution is -2.49.